The number of ether oxygens (including phenoxy) is 1. The molecule has 1 saturated heterocycles. The summed E-state index contributed by atoms with van der Waals surface area (Å²) in [4.78, 5) is 27.5. The number of benzene rings is 1. The molecule has 30 heavy (non-hydrogen) atoms. The number of morpholine rings is 1. The van der Waals surface area contributed by atoms with E-state index in [4.69, 9.17) is 20.9 Å². The van der Waals surface area contributed by atoms with Crippen LogP contribution in [0.25, 0.3) is 11.3 Å². The number of nitrogens with one attached hydrogen (secondary N) is 1. The fourth-order valence-corrected chi connectivity index (χ4v) is 4.24. The number of hydrogen-bond acceptors (Lipinski definition) is 6. The van der Waals surface area contributed by atoms with E-state index < -0.39 is 11.7 Å². The standard InChI is InChI=1S/C20H17ClFN3O4S/c1-11-15(17(24-29-11)16-13(21)3-2-4-14(16)22)18(26)23-19-12(5-10-30-19)20(27)25-6-8-28-9-7-25/h2-5,10H,6-9H2,1H3,(H,23,26). The van der Waals surface area contributed by atoms with Crippen LogP contribution in [0.3, 0.4) is 0 Å². The van der Waals surface area contributed by atoms with Crippen molar-refractivity contribution >= 4 is 39.8 Å². The number of aromatic nitrogens is 1. The molecule has 0 saturated carbocycles. The summed E-state index contributed by atoms with van der Waals surface area (Å²) in [6.45, 7) is 3.48. The third-order valence-corrected chi connectivity index (χ3v) is 5.86. The first kappa shape index (κ1) is 20.5. The second-order valence-electron chi connectivity index (χ2n) is 6.58. The van der Waals surface area contributed by atoms with Crippen LogP contribution in [0, 0.1) is 12.7 Å². The molecule has 1 aromatic carbocycles. The van der Waals surface area contributed by atoms with Gasteiger partial charge in [0, 0.05) is 13.1 Å². The van der Waals surface area contributed by atoms with Crippen LogP contribution < -0.4 is 5.32 Å². The molecule has 4 rings (SSSR count). The quantitative estimate of drug-likeness (QED) is 0.644. The number of hydrogen-bond donors (Lipinski definition) is 1. The first-order valence-electron chi connectivity index (χ1n) is 9.14. The predicted molar refractivity (Wildman–Crippen MR) is 111 cm³/mol. The Morgan fingerprint density at radius 1 is 1.27 bits per heavy atom. The van der Waals surface area contributed by atoms with E-state index >= 15 is 0 Å². The molecule has 2 amide bonds. The molecule has 1 aliphatic rings. The van der Waals surface area contributed by atoms with E-state index in [1.54, 1.807) is 23.3 Å². The zero-order chi connectivity index (χ0) is 21.3. The van der Waals surface area contributed by atoms with Crippen LogP contribution in [-0.2, 0) is 4.74 Å². The Kier molecular flexibility index (Phi) is 5.85. The summed E-state index contributed by atoms with van der Waals surface area (Å²) in [6.07, 6.45) is 0. The molecule has 1 N–H and O–H groups in total. The topological polar surface area (TPSA) is 84.7 Å². The summed E-state index contributed by atoms with van der Waals surface area (Å²) in [5.74, 6) is -1.17. The molecule has 0 radical (unpaired) electrons. The minimum absolute atomic E-state index is 0.00529. The molecular formula is C20H17ClFN3O4S. The molecule has 7 nitrogen and oxygen atoms in total. The second kappa shape index (κ2) is 8.55. The van der Waals surface area contributed by atoms with Crippen molar-refractivity contribution in [2.24, 2.45) is 0 Å². The van der Waals surface area contributed by atoms with Crippen LogP contribution in [0.4, 0.5) is 9.39 Å². The van der Waals surface area contributed by atoms with Crippen molar-refractivity contribution in [3.8, 4) is 11.3 Å². The highest BCUT2D eigenvalue weighted by Gasteiger charge is 2.28. The Balaban J connectivity index is 1.63. The largest absolute Gasteiger partial charge is 0.378 e. The molecule has 1 fully saturated rings. The van der Waals surface area contributed by atoms with Gasteiger partial charge in [-0.1, -0.05) is 22.8 Å². The SMILES string of the molecule is Cc1onc(-c2c(F)cccc2Cl)c1C(=O)Nc1sccc1C(=O)N1CCOCC1. The van der Waals surface area contributed by atoms with Crippen molar-refractivity contribution in [1.82, 2.24) is 10.1 Å². The van der Waals surface area contributed by atoms with Crippen LogP contribution in [0.2, 0.25) is 5.02 Å². The smallest absolute Gasteiger partial charge is 0.262 e. The number of halogens is 2. The average molecular weight is 450 g/mol. The summed E-state index contributed by atoms with van der Waals surface area (Å²) in [5, 5.41) is 8.80. The van der Waals surface area contributed by atoms with Crippen molar-refractivity contribution in [2.45, 2.75) is 6.92 Å². The van der Waals surface area contributed by atoms with E-state index in [1.165, 1.54) is 29.5 Å². The van der Waals surface area contributed by atoms with Crippen molar-refractivity contribution < 1.29 is 23.2 Å². The van der Waals surface area contributed by atoms with Crippen LogP contribution in [0.1, 0.15) is 26.5 Å². The van der Waals surface area contributed by atoms with E-state index in [0.717, 1.165) is 0 Å². The van der Waals surface area contributed by atoms with Crippen LogP contribution >= 0.6 is 22.9 Å². The molecule has 0 bridgehead atoms. The minimum Gasteiger partial charge on any atom is -0.378 e. The Morgan fingerprint density at radius 3 is 2.77 bits per heavy atom. The average Bonchev–Trinajstić information content (AvgIpc) is 3.34. The third kappa shape index (κ3) is 3.83. The van der Waals surface area contributed by atoms with E-state index in [0.29, 0.717) is 36.9 Å². The lowest BCUT2D eigenvalue weighted by molar-refractivity contribution is 0.0304. The first-order chi connectivity index (χ1) is 14.5. The number of thiophene rings is 1. The molecular weight excluding hydrogens is 433 g/mol. The van der Waals surface area contributed by atoms with Gasteiger partial charge >= 0.3 is 0 Å². The van der Waals surface area contributed by atoms with Crippen LogP contribution in [0.15, 0.2) is 34.2 Å². The maximum Gasteiger partial charge on any atom is 0.262 e. The summed E-state index contributed by atoms with van der Waals surface area (Å²) >= 11 is 7.35. The first-order valence-corrected chi connectivity index (χ1v) is 10.4. The van der Waals surface area contributed by atoms with Crippen molar-refractivity contribution in [2.75, 3.05) is 31.6 Å². The number of nitrogens with zero attached hydrogens (tertiary/aromatic N) is 2. The monoisotopic (exact) mass is 449 g/mol. The summed E-state index contributed by atoms with van der Waals surface area (Å²) in [6, 6.07) is 5.85. The van der Waals surface area contributed by atoms with E-state index in [2.05, 4.69) is 10.5 Å². The summed E-state index contributed by atoms with van der Waals surface area (Å²) in [5.41, 5.74) is 0.428. The molecule has 3 aromatic rings. The van der Waals surface area contributed by atoms with Gasteiger partial charge < -0.3 is 19.5 Å². The van der Waals surface area contributed by atoms with Gasteiger partial charge in [-0.2, -0.15) is 0 Å². The highest BCUT2D eigenvalue weighted by Crippen LogP contribution is 2.34. The maximum absolute atomic E-state index is 14.4. The van der Waals surface area contributed by atoms with E-state index in [-0.39, 0.29) is 33.5 Å². The zero-order valence-corrected chi connectivity index (χ0v) is 17.5. The van der Waals surface area contributed by atoms with E-state index in [1.807, 2.05) is 0 Å². The normalized spacial score (nSPS) is 14.0. The van der Waals surface area contributed by atoms with Gasteiger partial charge in [-0.15, -0.1) is 11.3 Å². The maximum atomic E-state index is 14.4. The molecule has 3 heterocycles. The molecule has 0 atom stereocenters. The van der Waals surface area contributed by atoms with Gasteiger partial charge in [0.15, 0.2) is 0 Å². The summed E-state index contributed by atoms with van der Waals surface area (Å²) < 4.78 is 24.8. The lowest BCUT2D eigenvalue weighted by Crippen LogP contribution is -2.40. The highest BCUT2D eigenvalue weighted by atomic mass is 35.5. The minimum atomic E-state index is -0.621. The van der Waals surface area contributed by atoms with Gasteiger partial charge in [0.1, 0.15) is 27.8 Å². The molecule has 0 aliphatic carbocycles. The van der Waals surface area contributed by atoms with E-state index in [9.17, 15) is 14.0 Å². The molecule has 0 unspecified atom stereocenters. The predicted octanol–water partition coefficient (Wildman–Crippen LogP) is 4.23. The zero-order valence-electron chi connectivity index (χ0n) is 15.9. The van der Waals surface area contributed by atoms with Crippen molar-refractivity contribution in [1.29, 1.82) is 0 Å². The van der Waals surface area contributed by atoms with Crippen molar-refractivity contribution in [3.05, 3.63) is 57.4 Å². The van der Waals surface area contributed by atoms with Gasteiger partial charge in [0.05, 0.1) is 29.4 Å². The number of carbonyl (C=O) groups is 2. The highest BCUT2D eigenvalue weighted by molar-refractivity contribution is 7.14. The third-order valence-electron chi connectivity index (χ3n) is 4.71. The molecule has 0 spiro atoms. The molecule has 2 aromatic heterocycles. The van der Waals surface area contributed by atoms with Crippen LogP contribution in [-0.4, -0.2) is 48.2 Å². The van der Waals surface area contributed by atoms with Gasteiger partial charge in [0.2, 0.25) is 0 Å². The van der Waals surface area contributed by atoms with Gasteiger partial charge in [-0.05, 0) is 30.5 Å². The number of aryl methyl sites for hydroxylation is 1. The molecule has 156 valence electrons. The lowest BCUT2D eigenvalue weighted by atomic mass is 10.0. The second-order valence-corrected chi connectivity index (χ2v) is 7.90. The van der Waals surface area contributed by atoms with Gasteiger partial charge in [-0.3, -0.25) is 9.59 Å². The van der Waals surface area contributed by atoms with Gasteiger partial charge in [-0.25, -0.2) is 4.39 Å². The summed E-state index contributed by atoms with van der Waals surface area (Å²) in [7, 11) is 0. The fraction of sp³-hybridized carbons (Fsp3) is 0.250. The number of anilines is 1. The number of carbonyl (C=O) groups excluding carboxylic acids is 2. The molecule has 10 heteroatoms. The van der Waals surface area contributed by atoms with Crippen LogP contribution in [0.5, 0.6) is 0 Å². The van der Waals surface area contributed by atoms with Gasteiger partial charge in [0.25, 0.3) is 11.8 Å². The lowest BCUT2D eigenvalue weighted by Gasteiger charge is -2.26. The number of rotatable bonds is 4. The Morgan fingerprint density at radius 2 is 2.03 bits per heavy atom. The fourth-order valence-electron chi connectivity index (χ4n) is 3.21. The Bertz CT molecular complexity index is 1090. The Labute approximate surface area is 180 Å². The molecule has 1 aliphatic heterocycles. The Hall–Kier alpha value is -2.75. The number of amides is 2. The van der Waals surface area contributed by atoms with Crippen molar-refractivity contribution in [3.63, 3.8) is 0 Å².